The number of thioether (sulfide) groups is 1. The van der Waals surface area contributed by atoms with Crippen LogP contribution in [0, 0.1) is 6.92 Å². The van der Waals surface area contributed by atoms with Crippen molar-refractivity contribution < 1.29 is 9.53 Å². The van der Waals surface area contributed by atoms with Gasteiger partial charge in [-0.15, -0.1) is 10.2 Å². The molecule has 124 valence electrons. The van der Waals surface area contributed by atoms with Gasteiger partial charge in [-0.2, -0.15) is 0 Å². The number of fused-ring (bicyclic) bond motifs is 1. The zero-order valence-corrected chi connectivity index (χ0v) is 14.1. The molecule has 0 unspecified atom stereocenters. The summed E-state index contributed by atoms with van der Waals surface area (Å²) >= 11 is 1.36. The van der Waals surface area contributed by atoms with E-state index in [1.165, 1.54) is 11.8 Å². The minimum Gasteiger partial charge on any atom is -0.492 e. The Morgan fingerprint density at radius 3 is 3.04 bits per heavy atom. The Kier molecular flexibility index (Phi) is 5.32. The van der Waals surface area contributed by atoms with Crippen molar-refractivity contribution >= 4 is 23.3 Å². The van der Waals surface area contributed by atoms with Crippen LogP contribution in [-0.4, -0.2) is 39.4 Å². The number of nitrogens with one attached hydrogen (secondary N) is 1. The number of benzene rings is 1. The topological polar surface area (TPSA) is 68.5 Å². The van der Waals surface area contributed by atoms with Gasteiger partial charge in [0, 0.05) is 6.20 Å². The van der Waals surface area contributed by atoms with Crippen LogP contribution in [0.25, 0.3) is 5.65 Å². The molecule has 1 aromatic carbocycles. The van der Waals surface area contributed by atoms with Crippen LogP contribution in [0.4, 0.5) is 0 Å². The number of aromatic nitrogens is 3. The van der Waals surface area contributed by atoms with Gasteiger partial charge in [-0.1, -0.05) is 30.0 Å². The lowest BCUT2D eigenvalue weighted by Gasteiger charge is -2.08. The van der Waals surface area contributed by atoms with E-state index in [1.807, 2.05) is 60.0 Å². The monoisotopic (exact) mass is 342 g/mol. The number of rotatable bonds is 7. The highest BCUT2D eigenvalue weighted by Gasteiger charge is 2.08. The second-order valence-corrected chi connectivity index (χ2v) is 6.16. The summed E-state index contributed by atoms with van der Waals surface area (Å²) in [6.45, 7) is 2.92. The first kappa shape index (κ1) is 16.3. The second kappa shape index (κ2) is 7.83. The molecule has 0 fully saturated rings. The van der Waals surface area contributed by atoms with E-state index in [2.05, 4.69) is 15.5 Å². The van der Waals surface area contributed by atoms with Gasteiger partial charge >= 0.3 is 0 Å². The fourth-order valence-corrected chi connectivity index (χ4v) is 2.92. The fraction of sp³-hybridized carbons (Fsp3) is 0.235. The first-order valence-corrected chi connectivity index (χ1v) is 8.60. The van der Waals surface area contributed by atoms with Crippen molar-refractivity contribution in [2.24, 2.45) is 0 Å². The van der Waals surface area contributed by atoms with Crippen molar-refractivity contribution in [3.05, 3.63) is 54.2 Å². The van der Waals surface area contributed by atoms with Gasteiger partial charge in [-0.3, -0.25) is 9.20 Å². The zero-order valence-electron chi connectivity index (χ0n) is 13.3. The molecule has 0 spiro atoms. The van der Waals surface area contributed by atoms with Gasteiger partial charge in [0.15, 0.2) is 10.8 Å². The molecule has 1 amide bonds. The predicted molar refractivity (Wildman–Crippen MR) is 93.4 cm³/mol. The van der Waals surface area contributed by atoms with Crippen molar-refractivity contribution in [3.8, 4) is 5.75 Å². The number of aryl methyl sites for hydroxylation is 1. The van der Waals surface area contributed by atoms with Crippen LogP contribution in [0.1, 0.15) is 5.56 Å². The molecule has 1 N–H and O–H groups in total. The van der Waals surface area contributed by atoms with E-state index >= 15 is 0 Å². The van der Waals surface area contributed by atoms with E-state index in [0.29, 0.717) is 24.1 Å². The molecule has 3 rings (SSSR count). The molecule has 7 heteroatoms. The zero-order chi connectivity index (χ0) is 16.8. The third-order valence-corrected chi connectivity index (χ3v) is 4.24. The number of carbonyl (C=O) groups is 1. The van der Waals surface area contributed by atoms with Crippen LogP contribution in [0.2, 0.25) is 0 Å². The van der Waals surface area contributed by atoms with E-state index < -0.39 is 0 Å². The molecule has 2 heterocycles. The second-order valence-electron chi connectivity index (χ2n) is 5.22. The Balaban J connectivity index is 1.40. The maximum absolute atomic E-state index is 11.9. The normalized spacial score (nSPS) is 10.7. The van der Waals surface area contributed by atoms with Crippen molar-refractivity contribution in [3.63, 3.8) is 0 Å². The van der Waals surface area contributed by atoms with Crippen LogP contribution in [0.5, 0.6) is 5.75 Å². The Hall–Kier alpha value is -2.54. The lowest BCUT2D eigenvalue weighted by molar-refractivity contribution is -0.118. The third kappa shape index (κ3) is 4.26. The molecule has 0 aliphatic heterocycles. The van der Waals surface area contributed by atoms with Crippen LogP contribution in [0.3, 0.4) is 0 Å². The van der Waals surface area contributed by atoms with Gasteiger partial charge < -0.3 is 10.1 Å². The maximum atomic E-state index is 11.9. The molecule has 24 heavy (non-hydrogen) atoms. The number of hydrogen-bond acceptors (Lipinski definition) is 5. The van der Waals surface area contributed by atoms with E-state index in [4.69, 9.17) is 4.74 Å². The molecule has 0 radical (unpaired) electrons. The third-order valence-electron chi connectivity index (χ3n) is 3.30. The Morgan fingerprint density at radius 1 is 1.25 bits per heavy atom. The molecule has 2 aromatic heterocycles. The summed E-state index contributed by atoms with van der Waals surface area (Å²) in [5.74, 6) is 1.05. The molecule has 0 atom stereocenters. The van der Waals surface area contributed by atoms with Crippen LogP contribution in [-0.2, 0) is 4.79 Å². The van der Waals surface area contributed by atoms with Gasteiger partial charge in [0.05, 0.1) is 12.3 Å². The summed E-state index contributed by atoms with van der Waals surface area (Å²) in [6.07, 6.45) is 1.88. The Bertz CT molecular complexity index is 834. The highest BCUT2D eigenvalue weighted by atomic mass is 32.2. The molecule has 6 nitrogen and oxygen atoms in total. The van der Waals surface area contributed by atoms with Crippen molar-refractivity contribution in [1.29, 1.82) is 0 Å². The number of carbonyl (C=O) groups excluding carboxylic acids is 1. The SMILES string of the molecule is Cc1cccc(OCCNC(=O)CSc2nnc3ccccn23)c1. The predicted octanol–water partition coefficient (Wildman–Crippen LogP) is 2.33. The molecule has 3 aromatic rings. The highest BCUT2D eigenvalue weighted by Crippen LogP contribution is 2.16. The number of ether oxygens (including phenoxy) is 1. The van der Waals surface area contributed by atoms with E-state index in [1.54, 1.807) is 0 Å². The van der Waals surface area contributed by atoms with Gasteiger partial charge in [0.25, 0.3) is 0 Å². The number of pyridine rings is 1. The van der Waals surface area contributed by atoms with Gasteiger partial charge in [0.1, 0.15) is 12.4 Å². The first-order valence-electron chi connectivity index (χ1n) is 7.61. The summed E-state index contributed by atoms with van der Waals surface area (Å²) in [5, 5.41) is 11.7. The van der Waals surface area contributed by atoms with Crippen molar-refractivity contribution in [2.45, 2.75) is 12.1 Å². The fourth-order valence-electron chi connectivity index (χ4n) is 2.16. The molecular formula is C17H18N4O2S. The summed E-state index contributed by atoms with van der Waals surface area (Å²) in [4.78, 5) is 11.9. The van der Waals surface area contributed by atoms with Gasteiger partial charge in [-0.05, 0) is 36.8 Å². The number of amides is 1. The smallest absolute Gasteiger partial charge is 0.230 e. The molecule has 0 aliphatic rings. The largest absolute Gasteiger partial charge is 0.492 e. The minimum absolute atomic E-state index is 0.0551. The molecule has 0 saturated heterocycles. The molecule has 0 bridgehead atoms. The summed E-state index contributed by atoms with van der Waals surface area (Å²) < 4.78 is 7.46. The van der Waals surface area contributed by atoms with Crippen molar-refractivity contribution in [2.75, 3.05) is 18.9 Å². The number of nitrogens with zero attached hydrogens (tertiary/aromatic N) is 3. The molecule has 0 saturated carbocycles. The number of hydrogen-bond donors (Lipinski definition) is 1. The first-order chi connectivity index (χ1) is 11.7. The summed E-state index contributed by atoms with van der Waals surface area (Å²) in [7, 11) is 0. The highest BCUT2D eigenvalue weighted by molar-refractivity contribution is 7.99. The Labute approximate surface area is 144 Å². The summed E-state index contributed by atoms with van der Waals surface area (Å²) in [6, 6.07) is 13.5. The van der Waals surface area contributed by atoms with Crippen LogP contribution >= 0.6 is 11.8 Å². The van der Waals surface area contributed by atoms with E-state index in [-0.39, 0.29) is 5.91 Å². The molecular weight excluding hydrogens is 324 g/mol. The summed E-state index contributed by atoms with van der Waals surface area (Å²) in [5.41, 5.74) is 1.92. The van der Waals surface area contributed by atoms with E-state index in [9.17, 15) is 4.79 Å². The van der Waals surface area contributed by atoms with Crippen LogP contribution < -0.4 is 10.1 Å². The average Bonchev–Trinajstić information content (AvgIpc) is 3.00. The van der Waals surface area contributed by atoms with Gasteiger partial charge in [0.2, 0.25) is 5.91 Å². The maximum Gasteiger partial charge on any atom is 0.230 e. The molecule has 0 aliphatic carbocycles. The Morgan fingerprint density at radius 2 is 2.17 bits per heavy atom. The van der Waals surface area contributed by atoms with Crippen LogP contribution in [0.15, 0.2) is 53.8 Å². The lowest BCUT2D eigenvalue weighted by atomic mass is 10.2. The van der Waals surface area contributed by atoms with Crippen molar-refractivity contribution in [1.82, 2.24) is 19.9 Å². The quantitative estimate of drug-likeness (QED) is 0.527. The van der Waals surface area contributed by atoms with E-state index in [0.717, 1.165) is 17.0 Å². The lowest BCUT2D eigenvalue weighted by Crippen LogP contribution is -2.29. The minimum atomic E-state index is -0.0551. The van der Waals surface area contributed by atoms with Gasteiger partial charge in [-0.25, -0.2) is 0 Å². The average molecular weight is 342 g/mol. The standard InChI is InChI=1S/C17H18N4O2S/c1-13-5-4-6-14(11-13)23-10-8-18-16(22)12-24-17-20-19-15-7-2-3-9-21(15)17/h2-7,9,11H,8,10,12H2,1H3,(H,18,22).